The fraction of sp³-hybridized carbons (Fsp3) is 0.625. The van der Waals surface area contributed by atoms with Gasteiger partial charge in [0.25, 0.3) is 0 Å². The highest BCUT2D eigenvalue weighted by Gasteiger charge is 2.03. The van der Waals surface area contributed by atoms with Crippen LogP contribution >= 0.6 is 0 Å². The number of aliphatic hydroxyl groups excluding tert-OH is 1. The molecule has 0 fully saturated rings. The second kappa shape index (κ2) is 5.18. The summed E-state index contributed by atoms with van der Waals surface area (Å²) in [4.78, 5) is 10.6. The van der Waals surface area contributed by atoms with E-state index in [1.807, 2.05) is 13.0 Å². The molecule has 0 aliphatic carbocycles. The molecule has 0 heterocycles. The molecule has 0 aliphatic heterocycles. The average Bonchev–Trinajstić information content (AvgIpc) is 1.88. The summed E-state index contributed by atoms with van der Waals surface area (Å²) >= 11 is 0. The standard InChI is InChI=1S/C8H14O2/c1-7(8(2)10)5-3-4-6-9/h3-4,7,9H,5-6H2,1-2H3/b4-3-. The lowest BCUT2D eigenvalue weighted by Gasteiger charge is -2.00. The minimum atomic E-state index is 0.0601. The number of carbonyl (C=O) groups is 1. The van der Waals surface area contributed by atoms with E-state index in [1.54, 1.807) is 13.0 Å². The van der Waals surface area contributed by atoms with Gasteiger partial charge in [-0.15, -0.1) is 0 Å². The largest absolute Gasteiger partial charge is 0.392 e. The number of allylic oxidation sites excluding steroid dienone is 1. The maximum Gasteiger partial charge on any atom is 0.132 e. The maximum absolute atomic E-state index is 10.6. The quantitative estimate of drug-likeness (QED) is 0.598. The molecule has 58 valence electrons. The molecule has 0 spiro atoms. The summed E-state index contributed by atoms with van der Waals surface area (Å²) in [5.74, 6) is 0.283. The lowest BCUT2D eigenvalue weighted by atomic mass is 10.0. The highest BCUT2D eigenvalue weighted by atomic mass is 16.2. The van der Waals surface area contributed by atoms with Crippen molar-refractivity contribution < 1.29 is 9.90 Å². The molecule has 0 aromatic heterocycles. The predicted molar refractivity (Wildman–Crippen MR) is 40.7 cm³/mol. The van der Waals surface area contributed by atoms with Crippen molar-refractivity contribution in [2.24, 2.45) is 5.92 Å². The first kappa shape index (κ1) is 9.37. The number of rotatable bonds is 4. The third-order valence-corrected chi connectivity index (χ3v) is 1.46. The average molecular weight is 142 g/mol. The van der Waals surface area contributed by atoms with Gasteiger partial charge in [-0.2, -0.15) is 0 Å². The molecule has 0 aromatic carbocycles. The molecule has 1 unspecified atom stereocenters. The molecule has 0 rings (SSSR count). The van der Waals surface area contributed by atoms with E-state index in [0.29, 0.717) is 0 Å². The normalized spacial score (nSPS) is 13.9. The van der Waals surface area contributed by atoms with Crippen LogP contribution in [0.2, 0.25) is 0 Å². The van der Waals surface area contributed by atoms with Gasteiger partial charge in [-0.25, -0.2) is 0 Å². The van der Waals surface area contributed by atoms with Gasteiger partial charge in [0.2, 0.25) is 0 Å². The molecule has 1 atom stereocenters. The Labute approximate surface area is 61.6 Å². The van der Waals surface area contributed by atoms with Gasteiger partial charge in [0.1, 0.15) is 5.78 Å². The van der Waals surface area contributed by atoms with Crippen LogP contribution in [-0.2, 0) is 4.79 Å². The van der Waals surface area contributed by atoms with Crippen molar-refractivity contribution in [3.8, 4) is 0 Å². The zero-order valence-corrected chi connectivity index (χ0v) is 6.50. The molecule has 0 aliphatic rings. The number of aliphatic hydroxyl groups is 1. The summed E-state index contributed by atoms with van der Waals surface area (Å²) in [5, 5.41) is 8.35. The van der Waals surface area contributed by atoms with Crippen molar-refractivity contribution in [3.63, 3.8) is 0 Å². The number of ketones is 1. The zero-order chi connectivity index (χ0) is 7.98. The Bertz CT molecular complexity index is 127. The summed E-state index contributed by atoms with van der Waals surface area (Å²) in [6.45, 7) is 3.52. The fourth-order valence-electron chi connectivity index (χ4n) is 0.541. The van der Waals surface area contributed by atoms with E-state index >= 15 is 0 Å². The van der Waals surface area contributed by atoms with E-state index in [-0.39, 0.29) is 18.3 Å². The Kier molecular flexibility index (Phi) is 4.85. The highest BCUT2D eigenvalue weighted by Crippen LogP contribution is 2.02. The molecule has 10 heavy (non-hydrogen) atoms. The number of Topliss-reactive ketones (excluding diaryl/α,β-unsaturated/α-hetero) is 1. The van der Waals surface area contributed by atoms with Gasteiger partial charge in [-0.3, -0.25) is 4.79 Å². The van der Waals surface area contributed by atoms with Crippen molar-refractivity contribution in [1.29, 1.82) is 0 Å². The second-order valence-corrected chi connectivity index (χ2v) is 2.40. The molecule has 2 nitrogen and oxygen atoms in total. The fourth-order valence-corrected chi connectivity index (χ4v) is 0.541. The lowest BCUT2D eigenvalue weighted by Crippen LogP contribution is -2.04. The first-order valence-electron chi connectivity index (χ1n) is 3.44. The number of hydrogen-bond acceptors (Lipinski definition) is 2. The molecular weight excluding hydrogens is 128 g/mol. The first-order chi connectivity index (χ1) is 4.68. The predicted octanol–water partition coefficient (Wildman–Crippen LogP) is 1.15. The van der Waals surface area contributed by atoms with Crippen LogP contribution in [-0.4, -0.2) is 17.5 Å². The topological polar surface area (TPSA) is 37.3 Å². The van der Waals surface area contributed by atoms with Gasteiger partial charge in [-0.05, 0) is 13.3 Å². The maximum atomic E-state index is 10.6. The molecule has 0 radical (unpaired) electrons. The monoisotopic (exact) mass is 142 g/mol. The Morgan fingerprint density at radius 2 is 2.20 bits per heavy atom. The summed E-state index contributed by atoms with van der Waals surface area (Å²) < 4.78 is 0. The van der Waals surface area contributed by atoms with Gasteiger partial charge in [0.15, 0.2) is 0 Å². The molecule has 0 saturated heterocycles. The van der Waals surface area contributed by atoms with Gasteiger partial charge in [-0.1, -0.05) is 19.1 Å². The van der Waals surface area contributed by atoms with Crippen LogP contribution in [0.5, 0.6) is 0 Å². The van der Waals surface area contributed by atoms with E-state index in [4.69, 9.17) is 5.11 Å². The summed E-state index contributed by atoms with van der Waals surface area (Å²) in [7, 11) is 0. The summed E-state index contributed by atoms with van der Waals surface area (Å²) in [6, 6.07) is 0. The SMILES string of the molecule is CC(=O)C(C)C/C=C\CO. The molecular formula is C8H14O2. The molecule has 0 amide bonds. The Morgan fingerprint density at radius 3 is 2.60 bits per heavy atom. The van der Waals surface area contributed by atoms with Gasteiger partial charge < -0.3 is 5.11 Å². The Morgan fingerprint density at radius 1 is 1.60 bits per heavy atom. The third-order valence-electron chi connectivity index (χ3n) is 1.46. The van der Waals surface area contributed by atoms with Gasteiger partial charge >= 0.3 is 0 Å². The molecule has 0 saturated carbocycles. The van der Waals surface area contributed by atoms with E-state index in [2.05, 4.69) is 0 Å². The first-order valence-corrected chi connectivity index (χ1v) is 3.44. The van der Waals surface area contributed by atoms with Crippen molar-refractivity contribution in [3.05, 3.63) is 12.2 Å². The van der Waals surface area contributed by atoms with Crippen LogP contribution in [0.3, 0.4) is 0 Å². The van der Waals surface area contributed by atoms with Crippen LogP contribution in [0.15, 0.2) is 12.2 Å². The minimum absolute atomic E-state index is 0.0601. The highest BCUT2D eigenvalue weighted by molar-refractivity contribution is 5.77. The van der Waals surface area contributed by atoms with Crippen LogP contribution in [0, 0.1) is 5.92 Å². The van der Waals surface area contributed by atoms with Gasteiger partial charge in [0, 0.05) is 5.92 Å². The van der Waals surface area contributed by atoms with Crippen molar-refractivity contribution in [2.45, 2.75) is 20.3 Å². The van der Waals surface area contributed by atoms with E-state index in [9.17, 15) is 4.79 Å². The van der Waals surface area contributed by atoms with Crippen LogP contribution < -0.4 is 0 Å². The number of carbonyl (C=O) groups excluding carboxylic acids is 1. The zero-order valence-electron chi connectivity index (χ0n) is 6.50. The number of hydrogen-bond donors (Lipinski definition) is 1. The Balaban J connectivity index is 3.48. The molecule has 1 N–H and O–H groups in total. The third kappa shape index (κ3) is 4.27. The van der Waals surface area contributed by atoms with Crippen LogP contribution in [0.4, 0.5) is 0 Å². The van der Waals surface area contributed by atoms with Gasteiger partial charge in [0.05, 0.1) is 6.61 Å². The van der Waals surface area contributed by atoms with E-state index in [1.165, 1.54) is 0 Å². The van der Waals surface area contributed by atoms with Crippen molar-refractivity contribution in [1.82, 2.24) is 0 Å². The minimum Gasteiger partial charge on any atom is -0.392 e. The van der Waals surface area contributed by atoms with E-state index in [0.717, 1.165) is 6.42 Å². The smallest absolute Gasteiger partial charge is 0.132 e. The van der Waals surface area contributed by atoms with E-state index < -0.39 is 0 Å². The summed E-state index contributed by atoms with van der Waals surface area (Å²) in [5.41, 5.74) is 0. The van der Waals surface area contributed by atoms with Crippen LogP contribution in [0.25, 0.3) is 0 Å². The van der Waals surface area contributed by atoms with Crippen molar-refractivity contribution >= 4 is 5.78 Å². The second-order valence-electron chi connectivity index (χ2n) is 2.40. The molecule has 0 bridgehead atoms. The lowest BCUT2D eigenvalue weighted by molar-refractivity contribution is -0.120. The van der Waals surface area contributed by atoms with Crippen LogP contribution in [0.1, 0.15) is 20.3 Å². The Hall–Kier alpha value is -0.630. The molecule has 2 heteroatoms. The van der Waals surface area contributed by atoms with Crippen molar-refractivity contribution in [2.75, 3.05) is 6.61 Å². The molecule has 0 aromatic rings. The summed E-state index contributed by atoms with van der Waals surface area (Å²) in [6.07, 6.45) is 4.21.